The molecule has 0 saturated carbocycles. The summed E-state index contributed by atoms with van der Waals surface area (Å²) in [5.74, 6) is 0. The number of nitrogens with two attached hydrogens (primary N) is 1. The molecule has 3 nitrogen and oxygen atoms in total. The summed E-state index contributed by atoms with van der Waals surface area (Å²) >= 11 is 10.2. The molecular weight excluding hydrogens is 218 g/mol. The molecule has 0 radical (unpaired) electrons. The van der Waals surface area contributed by atoms with E-state index in [4.69, 9.17) is 17.3 Å². The average Bonchev–Trinajstić information content (AvgIpc) is 2.55. The van der Waals surface area contributed by atoms with Crippen molar-refractivity contribution in [3.05, 3.63) is 28.3 Å². The number of hydrazine groups is 1. The van der Waals surface area contributed by atoms with Crippen LogP contribution in [0.15, 0.2) is 12.1 Å². The minimum atomic E-state index is -0.232. The quantitative estimate of drug-likeness (QED) is 0.439. The normalized spacial score (nSPS) is 21.6. The van der Waals surface area contributed by atoms with Crippen molar-refractivity contribution in [1.29, 1.82) is 0 Å². The fourth-order valence-corrected chi connectivity index (χ4v) is 2.02. The molecule has 1 aromatic carbocycles. The molecule has 0 aliphatic carbocycles. The van der Waals surface area contributed by atoms with E-state index in [2.05, 4.69) is 23.5 Å². The minimum Gasteiger partial charge on any atom is -0.320 e. The van der Waals surface area contributed by atoms with Crippen molar-refractivity contribution >= 4 is 29.9 Å². The van der Waals surface area contributed by atoms with Gasteiger partial charge in [-0.1, -0.05) is 17.7 Å². The highest BCUT2D eigenvalue weighted by molar-refractivity contribution is 7.80. The Morgan fingerprint density at radius 3 is 2.93 bits per heavy atom. The van der Waals surface area contributed by atoms with Crippen LogP contribution in [0.5, 0.6) is 0 Å². The molecule has 1 aliphatic rings. The summed E-state index contributed by atoms with van der Waals surface area (Å²) in [4.78, 5) is 0. The minimum absolute atomic E-state index is 0.0318. The van der Waals surface area contributed by atoms with E-state index >= 15 is 0 Å². The number of fused-ring (bicyclic) bond motifs is 1. The van der Waals surface area contributed by atoms with E-state index in [9.17, 15) is 0 Å². The summed E-state index contributed by atoms with van der Waals surface area (Å²) in [5, 5.41) is 0.524. The Balaban J connectivity index is 2.48. The summed E-state index contributed by atoms with van der Waals surface area (Å²) in [6.45, 7) is 1.97. The first kappa shape index (κ1) is 10.1. The van der Waals surface area contributed by atoms with Crippen LogP contribution in [0, 0.1) is 6.92 Å². The van der Waals surface area contributed by atoms with E-state index in [0.717, 1.165) is 21.8 Å². The van der Waals surface area contributed by atoms with Gasteiger partial charge >= 0.3 is 0 Å². The number of benzene rings is 1. The van der Waals surface area contributed by atoms with Crippen molar-refractivity contribution in [3.8, 4) is 0 Å². The highest BCUT2D eigenvalue weighted by Crippen LogP contribution is 2.36. The molecule has 1 aliphatic heterocycles. The topological polar surface area (TPSA) is 50.1 Å². The molecule has 76 valence electrons. The Hall–Kier alpha value is -0.420. The van der Waals surface area contributed by atoms with Gasteiger partial charge in [-0.2, -0.15) is 12.6 Å². The van der Waals surface area contributed by atoms with E-state index in [1.807, 2.05) is 19.1 Å². The number of hydrogen-bond donors (Lipinski definition) is 4. The maximum absolute atomic E-state index is 6.00. The molecule has 0 amide bonds. The number of hydrogen-bond acceptors (Lipinski definition) is 4. The van der Waals surface area contributed by atoms with Crippen LogP contribution in [-0.2, 0) is 0 Å². The fraction of sp³-hybridized carbons (Fsp3) is 0.333. The predicted octanol–water partition coefficient (Wildman–Crippen LogP) is 1.83. The maximum Gasteiger partial charge on any atom is 0.0772 e. The van der Waals surface area contributed by atoms with Crippen LogP contribution < -0.4 is 16.6 Å². The zero-order valence-corrected chi connectivity index (χ0v) is 9.36. The lowest BCUT2D eigenvalue weighted by molar-refractivity contribution is 0.607. The van der Waals surface area contributed by atoms with E-state index in [1.165, 1.54) is 0 Å². The van der Waals surface area contributed by atoms with Crippen molar-refractivity contribution in [2.75, 3.05) is 5.43 Å². The van der Waals surface area contributed by atoms with Crippen LogP contribution in [0.3, 0.4) is 0 Å². The second-order valence-electron chi connectivity index (χ2n) is 3.37. The molecule has 0 bridgehead atoms. The van der Waals surface area contributed by atoms with Crippen molar-refractivity contribution in [3.63, 3.8) is 0 Å². The molecular formula is C9H12ClN3S. The van der Waals surface area contributed by atoms with E-state index in [0.29, 0.717) is 0 Å². The van der Waals surface area contributed by atoms with Gasteiger partial charge in [-0.05, 0) is 24.1 Å². The molecule has 14 heavy (non-hydrogen) atoms. The zero-order valence-electron chi connectivity index (χ0n) is 7.71. The molecule has 2 atom stereocenters. The molecule has 1 aromatic rings. The van der Waals surface area contributed by atoms with E-state index < -0.39 is 0 Å². The Morgan fingerprint density at radius 1 is 1.57 bits per heavy atom. The molecule has 0 spiro atoms. The van der Waals surface area contributed by atoms with Crippen LogP contribution in [0.2, 0.25) is 5.02 Å². The van der Waals surface area contributed by atoms with Gasteiger partial charge in [0.1, 0.15) is 0 Å². The smallest absolute Gasteiger partial charge is 0.0772 e. The fourth-order valence-electron chi connectivity index (χ4n) is 1.63. The lowest BCUT2D eigenvalue weighted by Gasteiger charge is -2.13. The molecule has 1 heterocycles. The molecule has 4 N–H and O–H groups in total. The monoisotopic (exact) mass is 229 g/mol. The standard InChI is InChI=1S/C9H12ClN3S/c1-4-6(10)3-2-5-7(4)12-13-8(5)9(11)14/h2-3,8-9,12-14H,11H2,1H3/t8-,9-/m1/s1. The average molecular weight is 230 g/mol. The van der Waals surface area contributed by atoms with Gasteiger partial charge in [0.15, 0.2) is 0 Å². The second-order valence-corrected chi connectivity index (χ2v) is 4.38. The summed E-state index contributed by atoms with van der Waals surface area (Å²) in [7, 11) is 0. The Bertz CT molecular complexity index is 367. The summed E-state index contributed by atoms with van der Waals surface area (Å²) in [6.07, 6.45) is 0. The Morgan fingerprint density at radius 2 is 2.29 bits per heavy atom. The van der Waals surface area contributed by atoms with Gasteiger partial charge in [-0.3, -0.25) is 0 Å². The van der Waals surface area contributed by atoms with Gasteiger partial charge in [0.25, 0.3) is 0 Å². The number of rotatable bonds is 1. The predicted molar refractivity (Wildman–Crippen MR) is 62.6 cm³/mol. The molecule has 0 unspecified atom stereocenters. The highest BCUT2D eigenvalue weighted by Gasteiger charge is 2.26. The van der Waals surface area contributed by atoms with E-state index in [-0.39, 0.29) is 11.4 Å². The third kappa shape index (κ3) is 1.48. The summed E-state index contributed by atoms with van der Waals surface area (Å²) in [6, 6.07) is 3.88. The number of anilines is 1. The summed E-state index contributed by atoms with van der Waals surface area (Å²) in [5.41, 5.74) is 15.1. The first-order valence-corrected chi connectivity index (χ1v) is 5.25. The second kappa shape index (κ2) is 3.62. The highest BCUT2D eigenvalue weighted by atomic mass is 35.5. The molecule has 0 aromatic heterocycles. The van der Waals surface area contributed by atoms with Gasteiger partial charge in [0.2, 0.25) is 0 Å². The van der Waals surface area contributed by atoms with Gasteiger partial charge in [-0.25, -0.2) is 5.43 Å². The first-order chi connectivity index (χ1) is 6.61. The first-order valence-electron chi connectivity index (χ1n) is 4.35. The third-order valence-electron chi connectivity index (χ3n) is 2.46. The van der Waals surface area contributed by atoms with Crippen LogP contribution >= 0.6 is 24.2 Å². The Kier molecular flexibility index (Phi) is 2.62. The Labute approximate surface area is 93.4 Å². The largest absolute Gasteiger partial charge is 0.320 e. The number of nitrogens with one attached hydrogen (secondary N) is 2. The van der Waals surface area contributed by atoms with Crippen molar-refractivity contribution in [1.82, 2.24) is 5.43 Å². The number of halogens is 1. The lowest BCUT2D eigenvalue weighted by Crippen LogP contribution is -2.31. The molecule has 5 heteroatoms. The van der Waals surface area contributed by atoms with Crippen LogP contribution in [0.1, 0.15) is 17.2 Å². The van der Waals surface area contributed by atoms with Crippen LogP contribution in [-0.4, -0.2) is 5.37 Å². The molecule has 0 saturated heterocycles. The third-order valence-corrected chi connectivity index (χ3v) is 3.17. The maximum atomic E-state index is 6.00. The molecule has 0 fully saturated rings. The molecule has 2 rings (SSSR count). The van der Waals surface area contributed by atoms with Crippen molar-refractivity contribution in [2.24, 2.45) is 5.73 Å². The lowest BCUT2D eigenvalue weighted by atomic mass is 10.0. The van der Waals surface area contributed by atoms with Crippen LogP contribution in [0.4, 0.5) is 5.69 Å². The number of thiol groups is 1. The van der Waals surface area contributed by atoms with Crippen LogP contribution in [0.25, 0.3) is 0 Å². The van der Waals surface area contributed by atoms with E-state index in [1.54, 1.807) is 0 Å². The summed E-state index contributed by atoms with van der Waals surface area (Å²) < 4.78 is 0. The van der Waals surface area contributed by atoms with Gasteiger partial charge in [-0.15, -0.1) is 0 Å². The van der Waals surface area contributed by atoms with Gasteiger partial charge in [0.05, 0.1) is 17.1 Å². The van der Waals surface area contributed by atoms with Crippen molar-refractivity contribution in [2.45, 2.75) is 18.3 Å². The SMILES string of the molecule is Cc1c(Cl)ccc2c1NN[C@H]2[C@H](N)S. The van der Waals surface area contributed by atoms with Crippen molar-refractivity contribution < 1.29 is 0 Å². The van der Waals surface area contributed by atoms with Gasteiger partial charge in [0, 0.05) is 5.02 Å². The zero-order chi connectivity index (χ0) is 10.3. The van der Waals surface area contributed by atoms with Gasteiger partial charge < -0.3 is 11.2 Å².